The zero-order chi connectivity index (χ0) is 12.4. The fraction of sp³-hybridized carbons (Fsp3) is 0.0909. The molecule has 2 N–H and O–H groups in total. The molecule has 0 fully saturated rings. The Morgan fingerprint density at radius 3 is 2.94 bits per heavy atom. The molecule has 0 bridgehead atoms. The highest BCUT2D eigenvalue weighted by Crippen LogP contribution is 2.27. The number of nitrogen functional groups attached to an aromatic ring is 1. The number of halogens is 1. The molecule has 0 amide bonds. The number of hydrogen-bond acceptors (Lipinski definition) is 4. The number of ether oxygens (including phenoxy) is 1. The summed E-state index contributed by atoms with van der Waals surface area (Å²) in [5, 5.41) is 8.83. The molecule has 1 aromatic heterocycles. The van der Waals surface area contributed by atoms with Gasteiger partial charge in [-0.05, 0) is 0 Å². The molecule has 5 nitrogen and oxygen atoms in total. The second-order valence-corrected chi connectivity index (χ2v) is 3.28. The van der Waals surface area contributed by atoms with E-state index in [1.54, 1.807) is 0 Å². The van der Waals surface area contributed by atoms with Gasteiger partial charge in [-0.25, -0.2) is 9.37 Å². The van der Waals surface area contributed by atoms with Crippen molar-refractivity contribution in [2.45, 2.75) is 0 Å². The van der Waals surface area contributed by atoms with E-state index in [1.165, 1.54) is 30.1 Å². The molecule has 2 aromatic rings. The predicted molar refractivity (Wildman–Crippen MR) is 59.2 cm³/mol. The Bertz CT molecular complexity index is 600. The summed E-state index contributed by atoms with van der Waals surface area (Å²) in [6.07, 6.45) is 2.91. The monoisotopic (exact) mass is 232 g/mol. The van der Waals surface area contributed by atoms with E-state index in [0.717, 1.165) is 6.07 Å². The van der Waals surface area contributed by atoms with Crippen LogP contribution in [0.5, 0.6) is 5.75 Å². The minimum absolute atomic E-state index is 0.0933. The molecule has 17 heavy (non-hydrogen) atoms. The molecule has 0 atom stereocenters. The van der Waals surface area contributed by atoms with E-state index in [-0.39, 0.29) is 17.2 Å². The van der Waals surface area contributed by atoms with Crippen LogP contribution in [0.4, 0.5) is 10.1 Å². The van der Waals surface area contributed by atoms with Gasteiger partial charge in [0.2, 0.25) is 5.82 Å². The Morgan fingerprint density at radius 2 is 2.29 bits per heavy atom. The number of benzene rings is 1. The standard InChI is InChI=1S/C11H9FN4O/c1-17-10-5-9(7(12)4-8(10)14)16-3-2-15-11(16)6-13/h2-5H,14H2,1H3. The van der Waals surface area contributed by atoms with Gasteiger partial charge in [-0.2, -0.15) is 5.26 Å². The summed E-state index contributed by atoms with van der Waals surface area (Å²) < 4.78 is 20.1. The fourth-order valence-corrected chi connectivity index (χ4v) is 1.50. The van der Waals surface area contributed by atoms with Crippen molar-refractivity contribution in [3.05, 3.63) is 36.2 Å². The lowest BCUT2D eigenvalue weighted by atomic mass is 10.2. The summed E-state index contributed by atoms with van der Waals surface area (Å²) >= 11 is 0. The average Bonchev–Trinajstić information content (AvgIpc) is 2.77. The number of nitrogens with zero attached hydrogens (tertiary/aromatic N) is 3. The van der Waals surface area contributed by atoms with Crippen molar-refractivity contribution < 1.29 is 9.13 Å². The van der Waals surface area contributed by atoms with Crippen LogP contribution in [0, 0.1) is 17.1 Å². The molecule has 0 saturated heterocycles. The third-order valence-electron chi connectivity index (χ3n) is 2.30. The van der Waals surface area contributed by atoms with E-state index in [9.17, 15) is 4.39 Å². The van der Waals surface area contributed by atoms with Gasteiger partial charge in [-0.1, -0.05) is 0 Å². The second kappa shape index (κ2) is 4.14. The van der Waals surface area contributed by atoms with Crippen molar-refractivity contribution in [1.82, 2.24) is 9.55 Å². The molecule has 86 valence electrons. The Balaban J connectivity index is 2.64. The predicted octanol–water partition coefficient (Wildman–Crippen LogP) is 1.47. The van der Waals surface area contributed by atoms with Crippen LogP contribution in [-0.4, -0.2) is 16.7 Å². The van der Waals surface area contributed by atoms with Gasteiger partial charge in [0.25, 0.3) is 0 Å². The van der Waals surface area contributed by atoms with Crippen molar-refractivity contribution in [2.24, 2.45) is 0 Å². The van der Waals surface area contributed by atoms with E-state index in [2.05, 4.69) is 4.98 Å². The van der Waals surface area contributed by atoms with Crippen LogP contribution in [0.25, 0.3) is 5.69 Å². The molecule has 0 aliphatic heterocycles. The fourth-order valence-electron chi connectivity index (χ4n) is 1.50. The van der Waals surface area contributed by atoms with Gasteiger partial charge >= 0.3 is 0 Å². The van der Waals surface area contributed by atoms with E-state index in [1.807, 2.05) is 6.07 Å². The van der Waals surface area contributed by atoms with Gasteiger partial charge in [-0.15, -0.1) is 0 Å². The number of methoxy groups -OCH3 is 1. The van der Waals surface area contributed by atoms with Crippen molar-refractivity contribution in [3.63, 3.8) is 0 Å². The molecule has 0 unspecified atom stereocenters. The lowest BCUT2D eigenvalue weighted by molar-refractivity contribution is 0.415. The van der Waals surface area contributed by atoms with E-state index >= 15 is 0 Å². The van der Waals surface area contributed by atoms with Crippen LogP contribution >= 0.6 is 0 Å². The first kappa shape index (κ1) is 11.0. The van der Waals surface area contributed by atoms with Gasteiger partial charge in [-0.3, -0.25) is 4.57 Å². The zero-order valence-corrected chi connectivity index (χ0v) is 9.01. The molecule has 0 aliphatic carbocycles. The Morgan fingerprint density at radius 1 is 1.53 bits per heavy atom. The maximum atomic E-state index is 13.8. The molecular formula is C11H9FN4O. The number of hydrogen-bond donors (Lipinski definition) is 1. The third-order valence-corrected chi connectivity index (χ3v) is 2.30. The van der Waals surface area contributed by atoms with Crippen molar-refractivity contribution in [2.75, 3.05) is 12.8 Å². The highest BCUT2D eigenvalue weighted by atomic mass is 19.1. The maximum Gasteiger partial charge on any atom is 0.217 e. The first-order valence-electron chi connectivity index (χ1n) is 4.74. The average molecular weight is 232 g/mol. The normalized spacial score (nSPS) is 9.94. The first-order valence-corrected chi connectivity index (χ1v) is 4.74. The SMILES string of the molecule is COc1cc(-n2ccnc2C#N)c(F)cc1N. The van der Waals surface area contributed by atoms with E-state index in [0.29, 0.717) is 5.75 Å². The van der Waals surface area contributed by atoms with Crippen LogP contribution in [-0.2, 0) is 0 Å². The smallest absolute Gasteiger partial charge is 0.217 e. The Kier molecular flexibility index (Phi) is 2.66. The summed E-state index contributed by atoms with van der Waals surface area (Å²) in [6, 6.07) is 4.44. The number of nitriles is 1. The molecule has 1 heterocycles. The minimum Gasteiger partial charge on any atom is -0.495 e. The van der Waals surface area contributed by atoms with Gasteiger partial charge in [0.1, 0.15) is 17.6 Å². The lowest BCUT2D eigenvalue weighted by Crippen LogP contribution is -2.02. The highest BCUT2D eigenvalue weighted by Gasteiger charge is 2.12. The Hall–Kier alpha value is -2.55. The summed E-state index contributed by atoms with van der Waals surface area (Å²) in [6.45, 7) is 0. The summed E-state index contributed by atoms with van der Waals surface area (Å²) in [5.74, 6) is -0.104. The zero-order valence-electron chi connectivity index (χ0n) is 9.01. The lowest BCUT2D eigenvalue weighted by Gasteiger charge is -2.10. The topological polar surface area (TPSA) is 76.9 Å². The van der Waals surface area contributed by atoms with Crippen molar-refractivity contribution in [1.29, 1.82) is 5.26 Å². The van der Waals surface area contributed by atoms with Crippen molar-refractivity contribution in [3.8, 4) is 17.5 Å². The van der Waals surface area contributed by atoms with Crippen LogP contribution in [0.3, 0.4) is 0 Å². The minimum atomic E-state index is -0.544. The molecule has 2 rings (SSSR count). The molecule has 0 saturated carbocycles. The third kappa shape index (κ3) is 1.78. The molecule has 0 spiro atoms. The maximum absolute atomic E-state index is 13.8. The van der Waals surface area contributed by atoms with Crippen LogP contribution < -0.4 is 10.5 Å². The van der Waals surface area contributed by atoms with Gasteiger partial charge < -0.3 is 10.5 Å². The van der Waals surface area contributed by atoms with Gasteiger partial charge in [0, 0.05) is 24.5 Å². The van der Waals surface area contributed by atoms with E-state index < -0.39 is 5.82 Å². The molecule has 6 heteroatoms. The summed E-state index contributed by atoms with van der Waals surface area (Å²) in [7, 11) is 1.44. The largest absolute Gasteiger partial charge is 0.495 e. The molecule has 0 radical (unpaired) electrons. The van der Waals surface area contributed by atoms with Crippen LogP contribution in [0.15, 0.2) is 24.5 Å². The molecule has 0 aliphatic rings. The van der Waals surface area contributed by atoms with Gasteiger partial charge in [0.05, 0.1) is 18.5 Å². The number of rotatable bonds is 2. The van der Waals surface area contributed by atoms with Crippen LogP contribution in [0.1, 0.15) is 5.82 Å². The van der Waals surface area contributed by atoms with E-state index in [4.69, 9.17) is 15.7 Å². The number of imidazole rings is 1. The molecular weight excluding hydrogens is 223 g/mol. The first-order chi connectivity index (χ1) is 8.17. The number of nitrogens with two attached hydrogens (primary N) is 1. The summed E-state index contributed by atoms with van der Waals surface area (Å²) in [4.78, 5) is 3.79. The second-order valence-electron chi connectivity index (χ2n) is 3.28. The van der Waals surface area contributed by atoms with Crippen LogP contribution in [0.2, 0.25) is 0 Å². The number of anilines is 1. The van der Waals surface area contributed by atoms with Gasteiger partial charge in [0.15, 0.2) is 0 Å². The quantitative estimate of drug-likeness (QED) is 0.795. The molecule has 1 aromatic carbocycles. The Labute approximate surface area is 96.9 Å². The highest BCUT2D eigenvalue weighted by molar-refractivity contribution is 5.58. The number of aromatic nitrogens is 2. The van der Waals surface area contributed by atoms with Crippen molar-refractivity contribution >= 4 is 5.69 Å². The summed E-state index contributed by atoms with van der Waals surface area (Å²) in [5.41, 5.74) is 5.94.